The van der Waals surface area contributed by atoms with Crippen LogP contribution in [0.15, 0.2) is 64.1 Å². The second-order valence-electron chi connectivity index (χ2n) is 5.97. The van der Waals surface area contributed by atoms with Crippen molar-refractivity contribution in [3.05, 3.63) is 87.2 Å². The summed E-state index contributed by atoms with van der Waals surface area (Å²) in [5.74, 6) is 0.579. The van der Waals surface area contributed by atoms with Gasteiger partial charge in [-0.2, -0.15) is 5.10 Å². The van der Waals surface area contributed by atoms with Crippen LogP contribution in [0.25, 0.3) is 11.3 Å². The maximum absolute atomic E-state index is 12.0. The highest BCUT2D eigenvalue weighted by Crippen LogP contribution is 2.30. The number of nitro benzene ring substituents is 1. The van der Waals surface area contributed by atoms with Gasteiger partial charge in [-0.1, -0.05) is 29.8 Å². The van der Waals surface area contributed by atoms with E-state index in [9.17, 15) is 14.9 Å². The standard InChI is InChI=1S/C20H17N3O4/c1-13-6-8-15(9-7-13)20(24)22-21-12-16-10-11-19(27-16)17-4-3-5-18(14(17)2)23(25)26/h3-12H,1-2H3,(H,22,24)/b21-12-. The van der Waals surface area contributed by atoms with Crippen molar-refractivity contribution in [2.24, 2.45) is 5.10 Å². The third-order valence-corrected chi connectivity index (χ3v) is 4.07. The summed E-state index contributed by atoms with van der Waals surface area (Å²) < 4.78 is 5.67. The Bertz CT molecular complexity index is 1020. The van der Waals surface area contributed by atoms with Crippen LogP contribution < -0.4 is 5.43 Å². The van der Waals surface area contributed by atoms with Gasteiger partial charge < -0.3 is 4.42 Å². The molecule has 0 atom stereocenters. The van der Waals surface area contributed by atoms with Crippen molar-refractivity contribution in [2.75, 3.05) is 0 Å². The Morgan fingerprint density at radius 1 is 1.11 bits per heavy atom. The second-order valence-corrected chi connectivity index (χ2v) is 5.97. The summed E-state index contributed by atoms with van der Waals surface area (Å²) in [5, 5.41) is 15.0. The molecule has 1 N–H and O–H groups in total. The molecular formula is C20H17N3O4. The lowest BCUT2D eigenvalue weighted by atomic mass is 10.1. The molecule has 27 heavy (non-hydrogen) atoms. The number of aryl methyl sites for hydroxylation is 1. The molecule has 1 heterocycles. The molecule has 0 saturated heterocycles. The van der Waals surface area contributed by atoms with Gasteiger partial charge in [-0.15, -0.1) is 0 Å². The lowest BCUT2D eigenvalue weighted by Crippen LogP contribution is -2.17. The van der Waals surface area contributed by atoms with E-state index in [0.717, 1.165) is 5.56 Å². The molecule has 7 nitrogen and oxygen atoms in total. The van der Waals surface area contributed by atoms with Crippen LogP contribution in [0.4, 0.5) is 5.69 Å². The number of carbonyl (C=O) groups excluding carboxylic acids is 1. The van der Waals surface area contributed by atoms with Crippen LogP contribution in [0.5, 0.6) is 0 Å². The summed E-state index contributed by atoms with van der Waals surface area (Å²) in [5.41, 5.74) is 5.19. The van der Waals surface area contributed by atoms with Crippen molar-refractivity contribution in [3.63, 3.8) is 0 Å². The van der Waals surface area contributed by atoms with Gasteiger partial charge in [0.1, 0.15) is 11.5 Å². The van der Waals surface area contributed by atoms with Crippen LogP contribution in [0, 0.1) is 24.0 Å². The van der Waals surface area contributed by atoms with Crippen molar-refractivity contribution in [1.29, 1.82) is 0 Å². The fourth-order valence-electron chi connectivity index (χ4n) is 2.58. The number of furan rings is 1. The lowest BCUT2D eigenvalue weighted by molar-refractivity contribution is -0.385. The number of hydrogen-bond donors (Lipinski definition) is 1. The van der Waals surface area contributed by atoms with E-state index in [1.54, 1.807) is 43.3 Å². The average Bonchev–Trinajstić information content (AvgIpc) is 3.10. The molecule has 0 aliphatic rings. The van der Waals surface area contributed by atoms with Crippen LogP contribution in [0.1, 0.15) is 27.2 Å². The molecule has 7 heteroatoms. The molecule has 0 spiro atoms. The van der Waals surface area contributed by atoms with Crippen LogP contribution in [-0.4, -0.2) is 17.0 Å². The largest absolute Gasteiger partial charge is 0.455 e. The van der Waals surface area contributed by atoms with E-state index in [4.69, 9.17) is 4.42 Å². The van der Waals surface area contributed by atoms with Gasteiger partial charge in [0.05, 0.1) is 11.1 Å². The highest BCUT2D eigenvalue weighted by atomic mass is 16.6. The monoisotopic (exact) mass is 363 g/mol. The minimum Gasteiger partial charge on any atom is -0.455 e. The average molecular weight is 363 g/mol. The van der Waals surface area contributed by atoms with Gasteiger partial charge in [-0.3, -0.25) is 14.9 Å². The fraction of sp³-hybridized carbons (Fsp3) is 0.100. The number of carbonyl (C=O) groups is 1. The number of rotatable bonds is 5. The van der Waals surface area contributed by atoms with E-state index in [1.807, 2.05) is 19.1 Å². The van der Waals surface area contributed by atoms with E-state index in [0.29, 0.717) is 28.2 Å². The van der Waals surface area contributed by atoms with E-state index in [-0.39, 0.29) is 11.6 Å². The highest BCUT2D eigenvalue weighted by molar-refractivity contribution is 5.94. The summed E-state index contributed by atoms with van der Waals surface area (Å²) >= 11 is 0. The molecule has 3 aromatic rings. The molecule has 0 aliphatic carbocycles. The van der Waals surface area contributed by atoms with Gasteiger partial charge in [0.25, 0.3) is 11.6 Å². The zero-order valence-corrected chi connectivity index (χ0v) is 14.8. The molecule has 0 fully saturated rings. The first-order chi connectivity index (χ1) is 13.0. The summed E-state index contributed by atoms with van der Waals surface area (Å²) in [6, 6.07) is 15.3. The first-order valence-corrected chi connectivity index (χ1v) is 8.20. The molecule has 0 unspecified atom stereocenters. The van der Waals surface area contributed by atoms with Crippen LogP contribution in [0.3, 0.4) is 0 Å². The Hall–Kier alpha value is -3.74. The Morgan fingerprint density at radius 2 is 1.85 bits per heavy atom. The first kappa shape index (κ1) is 18.1. The molecule has 1 aromatic heterocycles. The van der Waals surface area contributed by atoms with Crippen molar-refractivity contribution in [2.45, 2.75) is 13.8 Å². The van der Waals surface area contributed by atoms with Crippen molar-refractivity contribution in [1.82, 2.24) is 5.43 Å². The zero-order chi connectivity index (χ0) is 19.4. The third kappa shape index (κ3) is 4.09. The Kier molecular flexibility index (Phi) is 5.12. The molecule has 0 radical (unpaired) electrons. The van der Waals surface area contributed by atoms with Gasteiger partial charge in [-0.05, 0) is 38.1 Å². The van der Waals surface area contributed by atoms with Crippen LogP contribution in [0.2, 0.25) is 0 Å². The normalized spacial score (nSPS) is 10.9. The maximum atomic E-state index is 12.0. The summed E-state index contributed by atoms with van der Waals surface area (Å²) in [6.07, 6.45) is 1.38. The topological polar surface area (TPSA) is 97.7 Å². The number of nitrogens with one attached hydrogen (secondary N) is 1. The number of hydrazone groups is 1. The fourth-order valence-corrected chi connectivity index (χ4v) is 2.58. The number of benzene rings is 2. The number of amides is 1. The van der Waals surface area contributed by atoms with Gasteiger partial charge >= 0.3 is 0 Å². The molecule has 136 valence electrons. The number of nitro groups is 1. The molecule has 2 aromatic carbocycles. The molecule has 3 rings (SSSR count). The highest BCUT2D eigenvalue weighted by Gasteiger charge is 2.16. The quantitative estimate of drug-likeness (QED) is 0.416. The van der Waals surface area contributed by atoms with E-state index in [1.165, 1.54) is 12.3 Å². The predicted molar refractivity (Wildman–Crippen MR) is 102 cm³/mol. The molecule has 0 bridgehead atoms. The Morgan fingerprint density at radius 3 is 2.56 bits per heavy atom. The number of hydrogen-bond acceptors (Lipinski definition) is 5. The number of nitrogens with zero attached hydrogens (tertiary/aromatic N) is 2. The van der Waals surface area contributed by atoms with E-state index >= 15 is 0 Å². The van der Waals surface area contributed by atoms with Crippen molar-refractivity contribution < 1.29 is 14.1 Å². The predicted octanol–water partition coefficient (Wildman–Crippen LogP) is 4.24. The minimum absolute atomic E-state index is 0.0319. The van der Waals surface area contributed by atoms with Gasteiger partial charge in [-0.25, -0.2) is 5.43 Å². The minimum atomic E-state index is -0.426. The second kappa shape index (κ2) is 7.65. The van der Waals surface area contributed by atoms with Crippen LogP contribution in [-0.2, 0) is 0 Å². The van der Waals surface area contributed by atoms with Gasteiger partial charge in [0.15, 0.2) is 0 Å². The van der Waals surface area contributed by atoms with E-state index in [2.05, 4.69) is 10.5 Å². The third-order valence-electron chi connectivity index (χ3n) is 4.07. The Balaban J connectivity index is 1.72. The zero-order valence-electron chi connectivity index (χ0n) is 14.8. The summed E-state index contributed by atoms with van der Waals surface area (Å²) in [7, 11) is 0. The van der Waals surface area contributed by atoms with Gasteiger partial charge in [0, 0.05) is 22.8 Å². The van der Waals surface area contributed by atoms with Gasteiger partial charge in [0.2, 0.25) is 0 Å². The Labute approximate surface area is 155 Å². The van der Waals surface area contributed by atoms with Crippen LogP contribution >= 0.6 is 0 Å². The van der Waals surface area contributed by atoms with E-state index < -0.39 is 4.92 Å². The summed E-state index contributed by atoms with van der Waals surface area (Å²) in [6.45, 7) is 3.61. The molecular weight excluding hydrogens is 346 g/mol. The first-order valence-electron chi connectivity index (χ1n) is 8.20. The molecule has 1 amide bonds. The van der Waals surface area contributed by atoms with Crippen molar-refractivity contribution in [3.8, 4) is 11.3 Å². The smallest absolute Gasteiger partial charge is 0.273 e. The molecule has 0 aliphatic heterocycles. The van der Waals surface area contributed by atoms with Crippen molar-refractivity contribution >= 4 is 17.8 Å². The molecule has 0 saturated carbocycles. The lowest BCUT2D eigenvalue weighted by Gasteiger charge is -2.03. The maximum Gasteiger partial charge on any atom is 0.273 e. The summed E-state index contributed by atoms with van der Waals surface area (Å²) in [4.78, 5) is 22.6. The SMILES string of the molecule is Cc1ccc(C(=O)N/N=C\c2ccc(-c3cccc([N+](=O)[O-])c3C)o2)cc1.